The first-order valence-electron chi connectivity index (χ1n) is 16.4. The third-order valence-electron chi connectivity index (χ3n) is 15.0. The van der Waals surface area contributed by atoms with E-state index in [4.69, 9.17) is 24.0 Å². The molecule has 8 nitrogen and oxygen atoms in total. The van der Waals surface area contributed by atoms with Crippen LogP contribution in [-0.2, 0) is 28.1 Å². The van der Waals surface area contributed by atoms with Crippen molar-refractivity contribution in [1.29, 1.82) is 0 Å². The molecule has 0 bridgehead atoms. The molecule has 5 saturated carbocycles. The largest absolute Gasteiger partial charge is 0.472 e. The predicted octanol–water partition coefficient (Wildman–Crippen LogP) is 6.97. The first-order valence-corrected chi connectivity index (χ1v) is 17.9. The zero-order valence-electron chi connectivity index (χ0n) is 27.5. The van der Waals surface area contributed by atoms with Crippen LogP contribution in [0, 0.1) is 62.6 Å². The molecular formula is C33H57O8P. The van der Waals surface area contributed by atoms with Crippen LogP contribution in [0.5, 0.6) is 0 Å². The van der Waals surface area contributed by atoms with Gasteiger partial charge in [0.1, 0.15) is 0 Å². The second-order valence-corrected chi connectivity index (χ2v) is 17.5. The van der Waals surface area contributed by atoms with Crippen LogP contribution < -0.4 is 0 Å². The fourth-order valence-electron chi connectivity index (χ4n) is 12.6. The third kappa shape index (κ3) is 4.54. The summed E-state index contributed by atoms with van der Waals surface area (Å²) in [6, 6.07) is 0. The monoisotopic (exact) mass is 612 g/mol. The van der Waals surface area contributed by atoms with Crippen LogP contribution in [-0.4, -0.2) is 49.0 Å². The Morgan fingerprint density at radius 1 is 0.857 bits per heavy atom. The van der Waals surface area contributed by atoms with Gasteiger partial charge in [-0.25, -0.2) is 9.09 Å². The smallest absolute Gasteiger partial charge is 0.437 e. The molecule has 0 amide bonds. The van der Waals surface area contributed by atoms with E-state index in [0.29, 0.717) is 29.6 Å². The molecule has 2 N–H and O–H groups in total. The van der Waals surface area contributed by atoms with Gasteiger partial charge in [-0.05, 0) is 110 Å². The molecule has 12 atom stereocenters. The zero-order valence-corrected chi connectivity index (χ0v) is 28.4. The van der Waals surface area contributed by atoms with Gasteiger partial charge in [0.05, 0.1) is 17.6 Å². The molecule has 0 saturated heterocycles. The maximum atomic E-state index is 13.9. The van der Waals surface area contributed by atoms with Crippen molar-refractivity contribution in [1.82, 2.24) is 0 Å². The number of rotatable bonds is 6. The fourth-order valence-corrected chi connectivity index (χ4v) is 12.8. The maximum Gasteiger partial charge on any atom is 0.472 e. The number of carbonyl (C=O) groups is 1. The van der Waals surface area contributed by atoms with Crippen molar-refractivity contribution in [2.24, 2.45) is 62.6 Å². The molecule has 12 unspecified atom stereocenters. The van der Waals surface area contributed by atoms with Crippen LogP contribution in [0.2, 0.25) is 0 Å². The number of hydrogen-bond donors (Lipinski definition) is 2. The molecule has 0 radical (unpaired) electrons. The summed E-state index contributed by atoms with van der Waals surface area (Å²) < 4.78 is 34.0. The Hall–Kier alpha value is -0.500. The molecule has 0 aromatic rings. The topological polar surface area (TPSA) is 112 Å². The van der Waals surface area contributed by atoms with E-state index in [-0.39, 0.29) is 45.8 Å². The summed E-state index contributed by atoms with van der Waals surface area (Å²) in [4.78, 5) is 32.3. The summed E-state index contributed by atoms with van der Waals surface area (Å²) in [5.41, 5.74) is -0.471. The van der Waals surface area contributed by atoms with Crippen LogP contribution in [0.3, 0.4) is 0 Å². The molecule has 0 aliphatic heterocycles. The van der Waals surface area contributed by atoms with Crippen molar-refractivity contribution < 1.29 is 37.9 Å². The molecular weight excluding hydrogens is 555 g/mol. The van der Waals surface area contributed by atoms with Gasteiger partial charge >= 0.3 is 13.8 Å². The SMILES string of the molecule is COC1CCC2(C)C(CC(OC)C3(C)C2CCC2C4C(C)C(C)CCC4(C(=O)OCOP(=O)(O)O)CCC23C)C1(C)C. The molecule has 0 spiro atoms. The second kappa shape index (κ2) is 10.8. The molecule has 9 heteroatoms. The Balaban J connectivity index is 1.53. The van der Waals surface area contributed by atoms with Crippen LogP contribution in [0.15, 0.2) is 0 Å². The number of esters is 1. The van der Waals surface area contributed by atoms with Gasteiger partial charge < -0.3 is 24.0 Å². The number of phosphoric acid groups is 1. The number of carbonyl (C=O) groups excluding carboxylic acids is 1. The Kier molecular flexibility index (Phi) is 8.45. The van der Waals surface area contributed by atoms with Gasteiger partial charge in [0.2, 0.25) is 6.79 Å². The van der Waals surface area contributed by atoms with Gasteiger partial charge in [-0.3, -0.25) is 4.79 Å². The van der Waals surface area contributed by atoms with Gasteiger partial charge in [0.25, 0.3) is 0 Å². The van der Waals surface area contributed by atoms with Gasteiger partial charge in [-0.15, -0.1) is 0 Å². The summed E-state index contributed by atoms with van der Waals surface area (Å²) in [7, 11) is -0.953. The van der Waals surface area contributed by atoms with Gasteiger partial charge in [-0.1, -0.05) is 48.5 Å². The van der Waals surface area contributed by atoms with Crippen molar-refractivity contribution in [3.05, 3.63) is 0 Å². The van der Waals surface area contributed by atoms with Crippen molar-refractivity contribution in [3.63, 3.8) is 0 Å². The minimum Gasteiger partial charge on any atom is -0.437 e. The Bertz CT molecular complexity index is 1090. The van der Waals surface area contributed by atoms with E-state index in [1.807, 2.05) is 14.2 Å². The first kappa shape index (κ1) is 32.9. The van der Waals surface area contributed by atoms with Crippen LogP contribution in [0.25, 0.3) is 0 Å². The number of hydrogen-bond acceptors (Lipinski definition) is 6. The minimum absolute atomic E-state index is 0.0189. The summed E-state index contributed by atoms with van der Waals surface area (Å²) in [5, 5.41) is 0. The van der Waals surface area contributed by atoms with Crippen molar-refractivity contribution in [2.45, 2.75) is 118 Å². The van der Waals surface area contributed by atoms with Crippen molar-refractivity contribution in [2.75, 3.05) is 21.0 Å². The quantitative estimate of drug-likeness (QED) is 0.188. The highest BCUT2D eigenvalue weighted by atomic mass is 31.2. The Labute approximate surface area is 253 Å². The average Bonchev–Trinajstić information content (AvgIpc) is 2.90. The van der Waals surface area contributed by atoms with Crippen LogP contribution in [0.1, 0.15) is 106 Å². The lowest BCUT2D eigenvalue weighted by Crippen LogP contribution is -2.72. The zero-order chi connectivity index (χ0) is 31.1. The highest BCUT2D eigenvalue weighted by Crippen LogP contribution is 2.77. The number of phosphoric ester groups is 1. The molecule has 42 heavy (non-hydrogen) atoms. The lowest BCUT2D eigenvalue weighted by molar-refractivity contribution is -0.295. The van der Waals surface area contributed by atoms with E-state index in [2.05, 4.69) is 53.0 Å². The van der Waals surface area contributed by atoms with E-state index in [1.54, 1.807) is 0 Å². The highest BCUT2D eigenvalue weighted by Gasteiger charge is 2.74. The lowest BCUT2D eigenvalue weighted by Gasteiger charge is -2.75. The third-order valence-corrected chi connectivity index (χ3v) is 15.4. The first-order chi connectivity index (χ1) is 19.4. The highest BCUT2D eigenvalue weighted by molar-refractivity contribution is 7.46. The Morgan fingerprint density at radius 3 is 2.14 bits per heavy atom. The second-order valence-electron chi connectivity index (χ2n) is 16.3. The molecule has 0 aromatic carbocycles. The van der Waals surface area contributed by atoms with E-state index >= 15 is 0 Å². The van der Waals surface area contributed by atoms with Gasteiger partial charge in [0.15, 0.2) is 0 Å². The molecule has 242 valence electrons. The van der Waals surface area contributed by atoms with E-state index < -0.39 is 20.0 Å². The summed E-state index contributed by atoms with van der Waals surface area (Å²) in [6.45, 7) is 16.4. The number of methoxy groups -OCH3 is 2. The van der Waals surface area contributed by atoms with E-state index in [9.17, 15) is 9.36 Å². The minimum atomic E-state index is -4.73. The lowest BCUT2D eigenvalue weighted by atomic mass is 9.30. The molecule has 5 aliphatic carbocycles. The molecule has 5 rings (SSSR count). The van der Waals surface area contributed by atoms with Crippen molar-refractivity contribution >= 4 is 13.8 Å². The molecule has 0 aromatic heterocycles. The van der Waals surface area contributed by atoms with Gasteiger partial charge in [-0.2, -0.15) is 0 Å². The van der Waals surface area contributed by atoms with E-state index in [0.717, 1.165) is 51.4 Å². The molecule has 5 aliphatic rings. The normalized spacial score (nSPS) is 50.1. The number of fused-ring (bicyclic) bond motifs is 7. The number of ether oxygens (including phenoxy) is 3. The Morgan fingerprint density at radius 2 is 1.52 bits per heavy atom. The standard InChI is InChI=1S/C33H57O8P/c1-20-12-15-33(28(34)40-19-41-42(35,36)37)17-16-31(6)22(27(33)21(20)2)10-11-23-30(5)14-13-25(38-8)29(3,4)24(30)18-26(39-9)32(23,31)7/h20-27H,10-19H2,1-9H3,(H2,35,36,37). The van der Waals surface area contributed by atoms with Crippen LogP contribution in [0.4, 0.5) is 0 Å². The average molecular weight is 613 g/mol. The van der Waals surface area contributed by atoms with Crippen molar-refractivity contribution in [3.8, 4) is 0 Å². The summed E-state index contributed by atoms with van der Waals surface area (Å²) in [5.74, 6) is 1.99. The van der Waals surface area contributed by atoms with E-state index in [1.165, 1.54) is 6.42 Å². The molecule has 0 heterocycles. The van der Waals surface area contributed by atoms with Gasteiger partial charge in [0, 0.05) is 19.6 Å². The molecule has 5 fully saturated rings. The predicted molar refractivity (Wildman–Crippen MR) is 160 cm³/mol. The summed E-state index contributed by atoms with van der Waals surface area (Å²) in [6.07, 6.45) is 9.22. The fraction of sp³-hybridized carbons (Fsp3) is 0.970. The van der Waals surface area contributed by atoms with Crippen LogP contribution >= 0.6 is 7.82 Å². The maximum absolute atomic E-state index is 13.9. The summed E-state index contributed by atoms with van der Waals surface area (Å²) >= 11 is 0.